The van der Waals surface area contributed by atoms with Gasteiger partial charge in [-0.2, -0.15) is 5.53 Å². The Morgan fingerprint density at radius 3 is 2.94 bits per heavy atom. The first kappa shape index (κ1) is 12.9. The molecular formula is C13H20N4O. The third kappa shape index (κ3) is 2.19. The van der Waals surface area contributed by atoms with Crippen molar-refractivity contribution in [1.29, 1.82) is 0 Å². The summed E-state index contributed by atoms with van der Waals surface area (Å²) in [6.07, 6.45) is 0.962. The average molecular weight is 248 g/mol. The molecule has 1 heterocycles. The van der Waals surface area contributed by atoms with Crippen LogP contribution >= 0.6 is 0 Å². The second-order valence-corrected chi connectivity index (χ2v) is 4.36. The Labute approximate surface area is 107 Å². The normalized spacial score (nSPS) is 14.3. The number of aliphatic imine (C=N–C) groups is 1. The van der Waals surface area contributed by atoms with Gasteiger partial charge in [-0.1, -0.05) is 0 Å². The van der Waals surface area contributed by atoms with E-state index in [9.17, 15) is 0 Å². The lowest BCUT2D eigenvalue weighted by Gasteiger charge is -2.16. The first-order chi connectivity index (χ1) is 8.69. The van der Waals surface area contributed by atoms with Crippen molar-refractivity contribution >= 4 is 5.84 Å². The van der Waals surface area contributed by atoms with Crippen molar-refractivity contribution in [2.75, 3.05) is 13.2 Å². The molecule has 0 bridgehead atoms. The molecule has 0 radical (unpaired) electrons. The third-order valence-electron chi connectivity index (χ3n) is 3.22. The van der Waals surface area contributed by atoms with Crippen molar-refractivity contribution in [3.8, 4) is 5.75 Å². The number of aryl methyl sites for hydroxylation is 1. The highest BCUT2D eigenvalue weighted by atomic mass is 16.5. The van der Waals surface area contributed by atoms with Gasteiger partial charge in [0, 0.05) is 24.1 Å². The van der Waals surface area contributed by atoms with E-state index in [2.05, 4.69) is 35.9 Å². The fraction of sp³-hybridized carbons (Fsp3) is 0.462. The van der Waals surface area contributed by atoms with Gasteiger partial charge < -0.3 is 4.74 Å². The fourth-order valence-corrected chi connectivity index (χ4v) is 2.46. The van der Waals surface area contributed by atoms with Gasteiger partial charge in [0.05, 0.1) is 6.61 Å². The average Bonchev–Trinajstić information content (AvgIpc) is 2.77. The molecule has 5 heteroatoms. The lowest BCUT2D eigenvalue weighted by molar-refractivity contribution is 0.356. The molecule has 0 unspecified atom stereocenters. The predicted octanol–water partition coefficient (Wildman–Crippen LogP) is 0.973. The first-order valence-corrected chi connectivity index (χ1v) is 6.21. The molecule has 4 N–H and O–H groups in total. The highest BCUT2D eigenvalue weighted by molar-refractivity contribution is 6.01. The fourth-order valence-electron chi connectivity index (χ4n) is 2.46. The van der Waals surface area contributed by atoms with Crippen molar-refractivity contribution in [2.45, 2.75) is 27.2 Å². The standard InChI is InChI=1S/C13H20N4O/c1-4-15-13(16-17-14)12-8(2)7-11-10(9(12)3)5-6-18-11/h7,17H,4-6,14H2,1-3H3,(H,15,16). The van der Waals surface area contributed by atoms with Gasteiger partial charge in [-0.05, 0) is 38.0 Å². The van der Waals surface area contributed by atoms with Crippen LogP contribution in [0.2, 0.25) is 0 Å². The minimum Gasteiger partial charge on any atom is -0.493 e. The molecule has 0 spiro atoms. The molecule has 1 aromatic rings. The third-order valence-corrected chi connectivity index (χ3v) is 3.22. The Bertz CT molecular complexity index is 482. The Morgan fingerprint density at radius 2 is 2.28 bits per heavy atom. The molecule has 1 aliphatic heterocycles. The number of fused-ring (bicyclic) bond motifs is 1. The smallest absolute Gasteiger partial charge is 0.144 e. The van der Waals surface area contributed by atoms with Gasteiger partial charge in [0.25, 0.3) is 0 Å². The van der Waals surface area contributed by atoms with Crippen LogP contribution in [0.1, 0.15) is 29.2 Å². The Balaban J connectivity index is 2.53. The number of hydrazine groups is 2. The topological polar surface area (TPSA) is 71.7 Å². The quantitative estimate of drug-likeness (QED) is 0.323. The molecule has 0 amide bonds. The molecule has 0 aliphatic carbocycles. The van der Waals surface area contributed by atoms with Crippen LogP contribution in [-0.2, 0) is 6.42 Å². The zero-order valence-electron chi connectivity index (χ0n) is 11.1. The molecule has 0 atom stereocenters. The second-order valence-electron chi connectivity index (χ2n) is 4.36. The maximum atomic E-state index is 5.61. The zero-order valence-corrected chi connectivity index (χ0v) is 11.1. The molecule has 0 aromatic heterocycles. The molecule has 0 saturated heterocycles. The van der Waals surface area contributed by atoms with Crippen molar-refractivity contribution < 1.29 is 4.74 Å². The van der Waals surface area contributed by atoms with E-state index in [0.717, 1.165) is 35.7 Å². The van der Waals surface area contributed by atoms with Gasteiger partial charge >= 0.3 is 0 Å². The van der Waals surface area contributed by atoms with Crippen LogP contribution < -0.4 is 21.5 Å². The number of ether oxygens (including phenoxy) is 1. The van der Waals surface area contributed by atoms with Gasteiger partial charge in [0.15, 0.2) is 0 Å². The Morgan fingerprint density at radius 1 is 1.50 bits per heavy atom. The summed E-state index contributed by atoms with van der Waals surface area (Å²) in [5, 5.41) is 0. The maximum Gasteiger partial charge on any atom is 0.144 e. The van der Waals surface area contributed by atoms with Gasteiger partial charge in [-0.25, -0.2) is 0 Å². The second kappa shape index (κ2) is 5.37. The number of nitrogens with two attached hydrogens (primary N) is 1. The van der Waals surface area contributed by atoms with Crippen LogP contribution in [0.3, 0.4) is 0 Å². The van der Waals surface area contributed by atoms with Gasteiger partial charge in [-0.3, -0.25) is 16.3 Å². The molecule has 18 heavy (non-hydrogen) atoms. The van der Waals surface area contributed by atoms with Crippen LogP contribution in [-0.4, -0.2) is 19.0 Å². The molecule has 1 aromatic carbocycles. The number of hydrogen-bond acceptors (Lipinski definition) is 4. The monoisotopic (exact) mass is 248 g/mol. The van der Waals surface area contributed by atoms with E-state index >= 15 is 0 Å². The highest BCUT2D eigenvalue weighted by Crippen LogP contribution is 2.32. The van der Waals surface area contributed by atoms with Crippen molar-refractivity contribution in [3.63, 3.8) is 0 Å². The van der Waals surface area contributed by atoms with E-state index < -0.39 is 0 Å². The molecule has 0 saturated carbocycles. The van der Waals surface area contributed by atoms with Crippen molar-refractivity contribution in [1.82, 2.24) is 11.0 Å². The lowest BCUT2D eigenvalue weighted by atomic mass is 9.95. The summed E-state index contributed by atoms with van der Waals surface area (Å²) in [7, 11) is 0. The molecule has 0 fully saturated rings. The van der Waals surface area contributed by atoms with Gasteiger partial charge in [0.1, 0.15) is 11.6 Å². The van der Waals surface area contributed by atoms with Crippen LogP contribution in [0.5, 0.6) is 5.75 Å². The molecule has 2 rings (SSSR count). The Kier molecular flexibility index (Phi) is 3.84. The summed E-state index contributed by atoms with van der Waals surface area (Å²) < 4.78 is 5.61. The summed E-state index contributed by atoms with van der Waals surface area (Å²) >= 11 is 0. The van der Waals surface area contributed by atoms with E-state index in [0.29, 0.717) is 6.54 Å². The van der Waals surface area contributed by atoms with E-state index in [4.69, 9.17) is 10.6 Å². The first-order valence-electron chi connectivity index (χ1n) is 6.21. The van der Waals surface area contributed by atoms with Crippen LogP contribution in [0.25, 0.3) is 0 Å². The van der Waals surface area contributed by atoms with E-state index in [1.165, 1.54) is 11.1 Å². The number of nitrogens with one attached hydrogen (secondary N) is 2. The maximum absolute atomic E-state index is 5.61. The van der Waals surface area contributed by atoms with Crippen molar-refractivity contribution in [2.24, 2.45) is 10.8 Å². The zero-order chi connectivity index (χ0) is 13.1. The largest absolute Gasteiger partial charge is 0.493 e. The highest BCUT2D eigenvalue weighted by Gasteiger charge is 2.21. The predicted molar refractivity (Wildman–Crippen MR) is 72.7 cm³/mol. The van der Waals surface area contributed by atoms with Crippen LogP contribution in [0, 0.1) is 13.8 Å². The summed E-state index contributed by atoms with van der Waals surface area (Å²) in [5.41, 5.74) is 10.1. The minimum absolute atomic E-state index is 0.705. The van der Waals surface area contributed by atoms with Crippen molar-refractivity contribution in [3.05, 3.63) is 28.3 Å². The summed E-state index contributed by atoms with van der Waals surface area (Å²) in [6.45, 7) is 7.64. The minimum atomic E-state index is 0.705. The SMILES string of the molecule is CCN=C(NNN)c1c(C)cc2c(c1C)CCO2. The number of benzene rings is 1. The molecule has 98 valence electrons. The van der Waals surface area contributed by atoms with E-state index in [-0.39, 0.29) is 0 Å². The summed E-state index contributed by atoms with van der Waals surface area (Å²) in [5.74, 6) is 7.13. The molecule has 1 aliphatic rings. The number of rotatable bonds is 3. The van der Waals surface area contributed by atoms with Gasteiger partial charge in [-0.15, -0.1) is 0 Å². The van der Waals surface area contributed by atoms with E-state index in [1.54, 1.807) is 0 Å². The molecular weight excluding hydrogens is 228 g/mol. The van der Waals surface area contributed by atoms with Gasteiger partial charge in [0.2, 0.25) is 0 Å². The van der Waals surface area contributed by atoms with Crippen LogP contribution in [0.15, 0.2) is 11.1 Å². The van der Waals surface area contributed by atoms with Crippen LogP contribution in [0.4, 0.5) is 0 Å². The van der Waals surface area contributed by atoms with E-state index in [1.807, 2.05) is 6.92 Å². The number of hydrogen-bond donors (Lipinski definition) is 3. The molecule has 5 nitrogen and oxygen atoms in total. The summed E-state index contributed by atoms with van der Waals surface area (Å²) in [6, 6.07) is 2.08. The lowest BCUT2D eigenvalue weighted by Crippen LogP contribution is -2.43. The number of nitrogens with zero attached hydrogens (tertiary/aromatic N) is 1. The summed E-state index contributed by atoms with van der Waals surface area (Å²) in [4.78, 5) is 4.45. The number of amidine groups is 1. The Hall–Kier alpha value is -1.59.